The highest BCUT2D eigenvalue weighted by Crippen LogP contribution is 2.26. The van der Waals surface area contributed by atoms with Gasteiger partial charge >= 0.3 is 0 Å². The number of fused-ring (bicyclic) bond motifs is 1. The van der Waals surface area contributed by atoms with E-state index in [1.807, 2.05) is 38.4 Å². The summed E-state index contributed by atoms with van der Waals surface area (Å²) in [4.78, 5) is 11.6. The van der Waals surface area contributed by atoms with Gasteiger partial charge in [-0.15, -0.1) is 0 Å². The molecule has 0 amide bonds. The molecule has 0 atom stereocenters. The Morgan fingerprint density at radius 1 is 0.967 bits per heavy atom. The van der Waals surface area contributed by atoms with Gasteiger partial charge in [-0.25, -0.2) is 4.98 Å². The second-order valence-corrected chi connectivity index (χ2v) is 8.75. The van der Waals surface area contributed by atoms with Gasteiger partial charge in [0.2, 0.25) is 5.95 Å². The Morgan fingerprint density at radius 3 is 2.50 bits per heavy atom. The van der Waals surface area contributed by atoms with E-state index >= 15 is 0 Å². The SMILES string of the molecule is CN(C)c1nc(NC2CCC(NCCc3cccc(Cl)c3)CC2)nc2ccccc12. The van der Waals surface area contributed by atoms with Crippen LogP contribution in [-0.2, 0) is 6.42 Å². The van der Waals surface area contributed by atoms with Crippen LogP contribution >= 0.6 is 11.6 Å². The average molecular weight is 424 g/mol. The van der Waals surface area contributed by atoms with Crippen molar-refractivity contribution in [3.05, 3.63) is 59.1 Å². The maximum Gasteiger partial charge on any atom is 0.225 e. The number of aromatic nitrogens is 2. The van der Waals surface area contributed by atoms with Crippen LogP contribution in [0.4, 0.5) is 11.8 Å². The van der Waals surface area contributed by atoms with Crippen LogP contribution in [-0.4, -0.2) is 42.7 Å². The maximum atomic E-state index is 6.07. The summed E-state index contributed by atoms with van der Waals surface area (Å²) >= 11 is 6.07. The van der Waals surface area contributed by atoms with Crippen molar-refractivity contribution in [1.82, 2.24) is 15.3 Å². The van der Waals surface area contributed by atoms with Crippen molar-refractivity contribution in [2.24, 2.45) is 0 Å². The Labute approximate surface area is 183 Å². The zero-order valence-corrected chi connectivity index (χ0v) is 18.5. The van der Waals surface area contributed by atoms with Gasteiger partial charge in [-0.2, -0.15) is 4.98 Å². The molecule has 5 nitrogen and oxygen atoms in total. The highest BCUT2D eigenvalue weighted by molar-refractivity contribution is 6.30. The molecular formula is C24H30ClN5. The molecule has 30 heavy (non-hydrogen) atoms. The fraction of sp³-hybridized carbons (Fsp3) is 0.417. The predicted octanol–water partition coefficient (Wildman–Crippen LogP) is 4.90. The average Bonchev–Trinajstić information content (AvgIpc) is 2.74. The third kappa shape index (κ3) is 5.21. The molecule has 158 valence electrons. The van der Waals surface area contributed by atoms with Gasteiger partial charge in [0, 0.05) is 36.6 Å². The fourth-order valence-electron chi connectivity index (χ4n) is 4.20. The first-order chi connectivity index (χ1) is 14.6. The van der Waals surface area contributed by atoms with Gasteiger partial charge in [-0.3, -0.25) is 0 Å². The van der Waals surface area contributed by atoms with Crippen molar-refractivity contribution in [3.63, 3.8) is 0 Å². The van der Waals surface area contributed by atoms with Crippen molar-refractivity contribution in [3.8, 4) is 0 Å². The lowest BCUT2D eigenvalue weighted by molar-refractivity contribution is 0.355. The predicted molar refractivity (Wildman–Crippen MR) is 127 cm³/mol. The molecule has 2 N–H and O–H groups in total. The van der Waals surface area contributed by atoms with E-state index < -0.39 is 0 Å². The summed E-state index contributed by atoms with van der Waals surface area (Å²) in [6, 6.07) is 17.3. The Morgan fingerprint density at radius 2 is 1.73 bits per heavy atom. The Balaban J connectivity index is 1.29. The molecule has 0 radical (unpaired) electrons. The zero-order valence-electron chi connectivity index (χ0n) is 17.7. The lowest BCUT2D eigenvalue weighted by Gasteiger charge is -2.30. The van der Waals surface area contributed by atoms with Crippen LogP contribution < -0.4 is 15.5 Å². The molecule has 0 unspecified atom stereocenters. The molecule has 0 bridgehead atoms. The van der Waals surface area contributed by atoms with Crippen molar-refractivity contribution in [2.45, 2.75) is 44.2 Å². The first kappa shape index (κ1) is 20.9. The minimum atomic E-state index is 0.423. The zero-order chi connectivity index (χ0) is 20.9. The standard InChI is InChI=1S/C24H30ClN5/c1-30(2)23-21-8-3-4-9-22(21)28-24(29-23)27-20-12-10-19(11-13-20)26-15-14-17-6-5-7-18(25)16-17/h3-9,16,19-20,26H,10-15H2,1-2H3,(H,27,28,29). The van der Waals surface area contributed by atoms with Crippen LogP contribution in [0.25, 0.3) is 10.9 Å². The third-order valence-electron chi connectivity index (χ3n) is 5.80. The van der Waals surface area contributed by atoms with Gasteiger partial charge in [0.25, 0.3) is 0 Å². The largest absolute Gasteiger partial charge is 0.362 e. The summed E-state index contributed by atoms with van der Waals surface area (Å²) in [5.41, 5.74) is 2.27. The molecule has 1 heterocycles. The van der Waals surface area contributed by atoms with Crippen LogP contribution in [0.3, 0.4) is 0 Å². The number of nitrogens with zero attached hydrogens (tertiary/aromatic N) is 3. The molecule has 1 saturated carbocycles. The van der Waals surface area contributed by atoms with E-state index in [1.165, 1.54) is 18.4 Å². The lowest BCUT2D eigenvalue weighted by Crippen LogP contribution is -2.38. The topological polar surface area (TPSA) is 53.1 Å². The number of benzene rings is 2. The molecule has 0 saturated heterocycles. The molecule has 1 aliphatic carbocycles. The second kappa shape index (κ2) is 9.63. The number of hydrogen-bond acceptors (Lipinski definition) is 5. The molecule has 0 aliphatic heterocycles. The molecule has 3 aromatic rings. The lowest BCUT2D eigenvalue weighted by atomic mass is 9.91. The molecule has 0 spiro atoms. The minimum absolute atomic E-state index is 0.423. The molecular weight excluding hydrogens is 394 g/mol. The Hall–Kier alpha value is -2.37. The molecule has 6 heteroatoms. The van der Waals surface area contributed by atoms with E-state index in [0.717, 1.165) is 53.5 Å². The minimum Gasteiger partial charge on any atom is -0.362 e. The fourth-order valence-corrected chi connectivity index (χ4v) is 4.42. The van der Waals surface area contributed by atoms with Gasteiger partial charge in [-0.05, 0) is 68.5 Å². The third-order valence-corrected chi connectivity index (χ3v) is 6.04. The van der Waals surface area contributed by atoms with Crippen molar-refractivity contribution in [1.29, 1.82) is 0 Å². The summed E-state index contributed by atoms with van der Waals surface area (Å²) in [5, 5.41) is 9.20. The van der Waals surface area contributed by atoms with Gasteiger partial charge < -0.3 is 15.5 Å². The van der Waals surface area contributed by atoms with Crippen molar-refractivity contribution < 1.29 is 0 Å². The smallest absolute Gasteiger partial charge is 0.225 e. The van der Waals surface area contributed by atoms with Gasteiger partial charge in [0.15, 0.2) is 0 Å². The van der Waals surface area contributed by atoms with E-state index in [-0.39, 0.29) is 0 Å². The van der Waals surface area contributed by atoms with E-state index in [1.54, 1.807) is 0 Å². The normalized spacial score (nSPS) is 19.0. The molecule has 2 aromatic carbocycles. The first-order valence-electron chi connectivity index (χ1n) is 10.8. The highest BCUT2D eigenvalue weighted by atomic mass is 35.5. The van der Waals surface area contributed by atoms with Gasteiger partial charge in [0.1, 0.15) is 5.82 Å². The number of para-hydroxylation sites is 1. The van der Waals surface area contributed by atoms with Crippen molar-refractivity contribution in [2.75, 3.05) is 30.9 Å². The molecule has 1 fully saturated rings. The van der Waals surface area contributed by atoms with E-state index in [0.29, 0.717) is 12.1 Å². The Kier molecular flexibility index (Phi) is 6.70. The summed E-state index contributed by atoms with van der Waals surface area (Å²) in [6.07, 6.45) is 5.60. The van der Waals surface area contributed by atoms with Crippen LogP contribution in [0.2, 0.25) is 5.02 Å². The van der Waals surface area contributed by atoms with Crippen LogP contribution in [0, 0.1) is 0 Å². The molecule has 1 aliphatic rings. The summed E-state index contributed by atoms with van der Waals surface area (Å²) in [5.74, 6) is 1.69. The number of rotatable bonds is 7. The maximum absolute atomic E-state index is 6.07. The van der Waals surface area contributed by atoms with Gasteiger partial charge in [0.05, 0.1) is 5.52 Å². The van der Waals surface area contributed by atoms with Crippen molar-refractivity contribution >= 4 is 34.3 Å². The monoisotopic (exact) mass is 423 g/mol. The Bertz CT molecular complexity index is 982. The van der Waals surface area contributed by atoms with Gasteiger partial charge in [-0.1, -0.05) is 35.9 Å². The van der Waals surface area contributed by atoms with Crippen LogP contribution in [0.5, 0.6) is 0 Å². The number of halogens is 1. The van der Waals surface area contributed by atoms with Crippen LogP contribution in [0.15, 0.2) is 48.5 Å². The molecule has 1 aromatic heterocycles. The number of nitrogens with one attached hydrogen (secondary N) is 2. The summed E-state index contributed by atoms with van der Waals surface area (Å²) in [6.45, 7) is 0.989. The molecule has 4 rings (SSSR count). The van der Waals surface area contributed by atoms with E-state index in [2.05, 4.69) is 39.8 Å². The van der Waals surface area contributed by atoms with E-state index in [9.17, 15) is 0 Å². The first-order valence-corrected chi connectivity index (χ1v) is 11.1. The second-order valence-electron chi connectivity index (χ2n) is 8.31. The van der Waals surface area contributed by atoms with E-state index in [4.69, 9.17) is 21.6 Å². The quantitative estimate of drug-likeness (QED) is 0.565. The summed E-state index contributed by atoms with van der Waals surface area (Å²) in [7, 11) is 4.05. The number of hydrogen-bond donors (Lipinski definition) is 2. The number of anilines is 2. The highest BCUT2D eigenvalue weighted by Gasteiger charge is 2.22. The summed E-state index contributed by atoms with van der Waals surface area (Å²) < 4.78 is 0. The van der Waals surface area contributed by atoms with Crippen LogP contribution in [0.1, 0.15) is 31.2 Å².